The number of anilines is 1. The van der Waals surface area contributed by atoms with Crippen LogP contribution in [-0.2, 0) is 0 Å². The standard InChI is InChI=1S/C17H18Cl2N2O2/c1-3-21(11(2)12-5-4-6-14(22)9-12)17(23)20-16-10-13(18)7-8-15(16)19/h4-11,22H,3H2,1-2H3,(H,20,23). The second-order valence-corrected chi connectivity index (χ2v) is 5.95. The maximum atomic E-state index is 12.6. The van der Waals surface area contributed by atoms with Gasteiger partial charge in [0.2, 0.25) is 0 Å². The molecule has 0 saturated carbocycles. The van der Waals surface area contributed by atoms with Crippen molar-refractivity contribution in [3.8, 4) is 5.75 Å². The lowest BCUT2D eigenvalue weighted by molar-refractivity contribution is 0.197. The molecule has 23 heavy (non-hydrogen) atoms. The zero-order valence-corrected chi connectivity index (χ0v) is 14.4. The number of urea groups is 1. The van der Waals surface area contributed by atoms with E-state index in [-0.39, 0.29) is 17.8 Å². The van der Waals surface area contributed by atoms with Crippen molar-refractivity contribution in [2.75, 3.05) is 11.9 Å². The Kier molecular flexibility index (Phi) is 5.74. The van der Waals surface area contributed by atoms with Gasteiger partial charge in [0.25, 0.3) is 0 Å². The van der Waals surface area contributed by atoms with E-state index in [4.69, 9.17) is 23.2 Å². The lowest BCUT2D eigenvalue weighted by atomic mass is 10.1. The smallest absolute Gasteiger partial charge is 0.322 e. The molecule has 0 aromatic heterocycles. The average molecular weight is 353 g/mol. The third-order valence-electron chi connectivity index (χ3n) is 3.59. The summed E-state index contributed by atoms with van der Waals surface area (Å²) in [4.78, 5) is 14.2. The maximum Gasteiger partial charge on any atom is 0.322 e. The van der Waals surface area contributed by atoms with Gasteiger partial charge in [-0.3, -0.25) is 0 Å². The van der Waals surface area contributed by atoms with Crippen molar-refractivity contribution in [2.24, 2.45) is 0 Å². The minimum atomic E-state index is -0.285. The number of rotatable bonds is 4. The molecule has 0 aliphatic rings. The molecule has 0 bridgehead atoms. The fourth-order valence-corrected chi connectivity index (χ4v) is 2.68. The van der Waals surface area contributed by atoms with Crippen LogP contribution in [0.3, 0.4) is 0 Å². The van der Waals surface area contributed by atoms with Crippen molar-refractivity contribution in [3.63, 3.8) is 0 Å². The van der Waals surface area contributed by atoms with E-state index in [0.717, 1.165) is 5.56 Å². The van der Waals surface area contributed by atoms with Crippen LogP contribution in [-0.4, -0.2) is 22.6 Å². The molecule has 4 nitrogen and oxygen atoms in total. The van der Waals surface area contributed by atoms with Crippen LogP contribution in [0.15, 0.2) is 42.5 Å². The van der Waals surface area contributed by atoms with Crippen LogP contribution in [0, 0.1) is 0 Å². The van der Waals surface area contributed by atoms with Crippen LogP contribution >= 0.6 is 23.2 Å². The number of aromatic hydroxyl groups is 1. The molecule has 0 saturated heterocycles. The Bertz CT molecular complexity index is 707. The number of carbonyl (C=O) groups excluding carboxylic acids is 1. The van der Waals surface area contributed by atoms with Crippen LogP contribution in [0.25, 0.3) is 0 Å². The molecule has 1 atom stereocenters. The minimum Gasteiger partial charge on any atom is -0.508 e. The summed E-state index contributed by atoms with van der Waals surface area (Å²) in [5.74, 6) is 0.170. The van der Waals surface area contributed by atoms with Crippen LogP contribution in [0.4, 0.5) is 10.5 Å². The maximum absolute atomic E-state index is 12.6. The number of hydrogen-bond acceptors (Lipinski definition) is 2. The Morgan fingerprint density at radius 1 is 1.26 bits per heavy atom. The van der Waals surface area contributed by atoms with Crippen molar-refractivity contribution in [2.45, 2.75) is 19.9 Å². The summed E-state index contributed by atoms with van der Waals surface area (Å²) in [5.41, 5.74) is 1.31. The van der Waals surface area contributed by atoms with E-state index >= 15 is 0 Å². The first-order valence-corrected chi connectivity index (χ1v) is 7.99. The van der Waals surface area contributed by atoms with E-state index < -0.39 is 0 Å². The number of nitrogens with one attached hydrogen (secondary N) is 1. The van der Waals surface area contributed by atoms with Gasteiger partial charge in [0, 0.05) is 11.6 Å². The zero-order valence-electron chi connectivity index (χ0n) is 12.9. The van der Waals surface area contributed by atoms with Gasteiger partial charge < -0.3 is 15.3 Å². The summed E-state index contributed by atoms with van der Waals surface area (Å²) in [6.45, 7) is 4.29. The van der Waals surface area contributed by atoms with Crippen molar-refractivity contribution in [3.05, 3.63) is 58.1 Å². The van der Waals surface area contributed by atoms with E-state index in [1.807, 2.05) is 19.9 Å². The van der Waals surface area contributed by atoms with E-state index in [2.05, 4.69) is 5.32 Å². The molecule has 0 spiro atoms. The highest BCUT2D eigenvalue weighted by atomic mass is 35.5. The summed E-state index contributed by atoms with van der Waals surface area (Å²) < 4.78 is 0. The number of amides is 2. The Morgan fingerprint density at radius 3 is 2.65 bits per heavy atom. The molecule has 2 aromatic rings. The number of nitrogens with zero attached hydrogens (tertiary/aromatic N) is 1. The number of carbonyl (C=O) groups is 1. The van der Waals surface area contributed by atoms with Crippen molar-refractivity contribution in [1.82, 2.24) is 4.90 Å². The predicted octanol–water partition coefficient (Wildman–Crippen LogP) is 5.31. The Balaban J connectivity index is 2.19. The molecule has 122 valence electrons. The molecule has 2 aromatic carbocycles. The van der Waals surface area contributed by atoms with Crippen LogP contribution < -0.4 is 5.32 Å². The van der Waals surface area contributed by atoms with Gasteiger partial charge in [-0.05, 0) is 49.7 Å². The third kappa shape index (κ3) is 4.30. The monoisotopic (exact) mass is 352 g/mol. The van der Waals surface area contributed by atoms with Gasteiger partial charge in [0.15, 0.2) is 0 Å². The molecule has 1 unspecified atom stereocenters. The molecule has 6 heteroatoms. The number of hydrogen-bond donors (Lipinski definition) is 2. The molecule has 2 amide bonds. The molecule has 2 N–H and O–H groups in total. The normalized spacial score (nSPS) is 11.8. The van der Waals surface area contributed by atoms with Gasteiger partial charge in [-0.15, -0.1) is 0 Å². The largest absolute Gasteiger partial charge is 0.508 e. The van der Waals surface area contributed by atoms with E-state index in [0.29, 0.717) is 22.3 Å². The molecular formula is C17H18Cl2N2O2. The zero-order chi connectivity index (χ0) is 17.0. The number of phenols is 1. The van der Waals surface area contributed by atoms with Gasteiger partial charge in [-0.2, -0.15) is 0 Å². The van der Waals surface area contributed by atoms with E-state index in [1.54, 1.807) is 41.3 Å². The van der Waals surface area contributed by atoms with Crippen LogP contribution in [0.2, 0.25) is 10.0 Å². The van der Waals surface area contributed by atoms with Crippen molar-refractivity contribution in [1.29, 1.82) is 0 Å². The predicted molar refractivity (Wildman–Crippen MR) is 94.4 cm³/mol. The number of phenolic OH excluding ortho intramolecular Hbond substituents is 1. The highest BCUT2D eigenvalue weighted by Gasteiger charge is 2.21. The lowest BCUT2D eigenvalue weighted by Gasteiger charge is -2.28. The van der Waals surface area contributed by atoms with Crippen molar-refractivity contribution < 1.29 is 9.90 Å². The highest BCUT2D eigenvalue weighted by molar-refractivity contribution is 6.35. The fourth-order valence-electron chi connectivity index (χ4n) is 2.34. The van der Waals surface area contributed by atoms with Gasteiger partial charge in [0.05, 0.1) is 16.8 Å². The average Bonchev–Trinajstić information content (AvgIpc) is 2.51. The van der Waals surface area contributed by atoms with Crippen LogP contribution in [0.1, 0.15) is 25.5 Å². The molecular weight excluding hydrogens is 335 g/mol. The second kappa shape index (κ2) is 7.57. The van der Waals surface area contributed by atoms with Crippen LogP contribution in [0.5, 0.6) is 5.75 Å². The number of benzene rings is 2. The van der Waals surface area contributed by atoms with Gasteiger partial charge in [0.1, 0.15) is 5.75 Å². The van der Waals surface area contributed by atoms with Gasteiger partial charge in [-0.25, -0.2) is 4.79 Å². The quantitative estimate of drug-likeness (QED) is 0.782. The summed E-state index contributed by atoms with van der Waals surface area (Å²) >= 11 is 12.0. The topological polar surface area (TPSA) is 52.6 Å². The molecule has 0 aliphatic carbocycles. The molecule has 0 aliphatic heterocycles. The van der Waals surface area contributed by atoms with E-state index in [1.165, 1.54) is 0 Å². The minimum absolute atomic E-state index is 0.170. The molecule has 2 rings (SSSR count). The SMILES string of the molecule is CCN(C(=O)Nc1cc(Cl)ccc1Cl)C(C)c1cccc(O)c1. The Hall–Kier alpha value is -1.91. The summed E-state index contributed by atoms with van der Waals surface area (Å²) in [6.07, 6.45) is 0. The molecule has 0 radical (unpaired) electrons. The summed E-state index contributed by atoms with van der Waals surface area (Å²) in [5, 5.41) is 13.3. The first kappa shape index (κ1) is 17.4. The molecule has 0 heterocycles. The molecule has 0 fully saturated rings. The Morgan fingerprint density at radius 2 is 2.00 bits per heavy atom. The van der Waals surface area contributed by atoms with Gasteiger partial charge in [-0.1, -0.05) is 35.3 Å². The lowest BCUT2D eigenvalue weighted by Crippen LogP contribution is -2.36. The highest BCUT2D eigenvalue weighted by Crippen LogP contribution is 2.28. The Labute approximate surface area is 145 Å². The second-order valence-electron chi connectivity index (χ2n) is 5.11. The first-order valence-electron chi connectivity index (χ1n) is 7.24. The van der Waals surface area contributed by atoms with Crippen molar-refractivity contribution >= 4 is 34.9 Å². The fraction of sp³-hybridized carbons (Fsp3) is 0.235. The first-order chi connectivity index (χ1) is 10.9. The number of halogens is 2. The summed E-state index contributed by atoms with van der Waals surface area (Å²) in [6, 6.07) is 11.3. The van der Waals surface area contributed by atoms with E-state index in [9.17, 15) is 9.90 Å². The van der Waals surface area contributed by atoms with Gasteiger partial charge >= 0.3 is 6.03 Å². The summed E-state index contributed by atoms with van der Waals surface area (Å²) in [7, 11) is 0. The third-order valence-corrected chi connectivity index (χ3v) is 4.16.